The molecule has 1 heterocycles. The van der Waals surface area contributed by atoms with Crippen LogP contribution < -0.4 is 4.74 Å². The smallest absolute Gasteiger partial charge is 0.227 e. The molecule has 0 N–H and O–H groups in total. The zero-order valence-electron chi connectivity index (χ0n) is 15.2. The Kier molecular flexibility index (Phi) is 5.61. The summed E-state index contributed by atoms with van der Waals surface area (Å²) in [5.41, 5.74) is 0.991. The lowest BCUT2D eigenvalue weighted by Crippen LogP contribution is -2.40. The van der Waals surface area contributed by atoms with Gasteiger partial charge < -0.3 is 14.5 Å². The highest BCUT2D eigenvalue weighted by molar-refractivity contribution is 5.80. The number of amides is 2. The normalized spacial score (nSPS) is 19.3. The summed E-state index contributed by atoms with van der Waals surface area (Å²) in [5, 5.41) is 0. The highest BCUT2D eigenvalue weighted by Gasteiger charge is 2.35. The fourth-order valence-corrected chi connectivity index (χ4v) is 3.50. The van der Waals surface area contributed by atoms with E-state index in [9.17, 15) is 9.59 Å². The van der Waals surface area contributed by atoms with E-state index in [1.807, 2.05) is 34.1 Å². The van der Waals surface area contributed by atoms with Crippen LogP contribution in [0.4, 0.5) is 0 Å². The quantitative estimate of drug-likeness (QED) is 0.824. The molecule has 3 rings (SSSR count). The van der Waals surface area contributed by atoms with E-state index in [1.165, 1.54) is 12.8 Å². The second-order valence-corrected chi connectivity index (χ2v) is 7.21. The number of nitrogens with zero attached hydrogens (tertiary/aromatic N) is 2. The van der Waals surface area contributed by atoms with E-state index in [0.717, 1.165) is 30.8 Å². The summed E-state index contributed by atoms with van der Waals surface area (Å²) in [5.74, 6) is 1.93. The Morgan fingerprint density at radius 3 is 2.36 bits per heavy atom. The largest absolute Gasteiger partial charge is 0.497 e. The maximum absolute atomic E-state index is 12.6. The molecule has 1 unspecified atom stereocenters. The molecule has 1 aliphatic heterocycles. The minimum Gasteiger partial charge on any atom is -0.497 e. The summed E-state index contributed by atoms with van der Waals surface area (Å²) >= 11 is 0. The highest BCUT2D eigenvalue weighted by atomic mass is 16.5. The van der Waals surface area contributed by atoms with Gasteiger partial charge in [0.05, 0.1) is 13.5 Å². The average molecular weight is 344 g/mol. The van der Waals surface area contributed by atoms with Gasteiger partial charge in [-0.05, 0) is 42.9 Å². The molecule has 2 amide bonds. The van der Waals surface area contributed by atoms with Crippen LogP contribution in [0.3, 0.4) is 0 Å². The summed E-state index contributed by atoms with van der Waals surface area (Å²) in [6.07, 6.45) is 3.63. The van der Waals surface area contributed by atoms with Crippen molar-refractivity contribution in [3.63, 3.8) is 0 Å². The molecule has 5 nitrogen and oxygen atoms in total. The number of benzene rings is 1. The molecule has 1 saturated carbocycles. The van der Waals surface area contributed by atoms with Crippen LogP contribution in [0.15, 0.2) is 24.3 Å². The molecule has 0 aromatic heterocycles. The first-order valence-corrected chi connectivity index (χ1v) is 9.28. The summed E-state index contributed by atoms with van der Waals surface area (Å²) < 4.78 is 5.15. The number of carbonyl (C=O) groups is 2. The third kappa shape index (κ3) is 4.53. The van der Waals surface area contributed by atoms with Crippen molar-refractivity contribution in [3.05, 3.63) is 29.8 Å². The topological polar surface area (TPSA) is 49.9 Å². The van der Waals surface area contributed by atoms with Crippen LogP contribution in [0.2, 0.25) is 0 Å². The second kappa shape index (κ2) is 7.89. The van der Waals surface area contributed by atoms with Gasteiger partial charge in [-0.1, -0.05) is 19.1 Å². The van der Waals surface area contributed by atoms with E-state index in [2.05, 4.69) is 6.92 Å². The van der Waals surface area contributed by atoms with Crippen molar-refractivity contribution in [3.8, 4) is 5.75 Å². The van der Waals surface area contributed by atoms with Gasteiger partial charge in [-0.15, -0.1) is 0 Å². The fraction of sp³-hybridized carbons (Fsp3) is 0.600. The fourth-order valence-electron chi connectivity index (χ4n) is 3.50. The number of rotatable bonds is 5. The van der Waals surface area contributed by atoms with Crippen molar-refractivity contribution in [2.75, 3.05) is 33.3 Å². The van der Waals surface area contributed by atoms with Gasteiger partial charge in [0.2, 0.25) is 11.8 Å². The number of hydrogen-bond donors (Lipinski definition) is 0. The lowest BCUT2D eigenvalue weighted by atomic mass is 10.0. The summed E-state index contributed by atoms with van der Waals surface area (Å²) in [6.45, 7) is 4.85. The lowest BCUT2D eigenvalue weighted by molar-refractivity contribution is -0.136. The Balaban J connectivity index is 1.52. The number of ether oxygens (including phenoxy) is 1. The maximum atomic E-state index is 12.6. The minimum absolute atomic E-state index is 0.134. The Morgan fingerprint density at radius 2 is 1.72 bits per heavy atom. The van der Waals surface area contributed by atoms with Crippen molar-refractivity contribution >= 4 is 11.8 Å². The second-order valence-electron chi connectivity index (χ2n) is 7.21. The predicted octanol–water partition coefficient (Wildman–Crippen LogP) is 2.34. The summed E-state index contributed by atoms with van der Waals surface area (Å²) in [4.78, 5) is 29.0. The number of carbonyl (C=O) groups excluding carboxylic acids is 2. The van der Waals surface area contributed by atoms with E-state index in [-0.39, 0.29) is 17.7 Å². The first-order chi connectivity index (χ1) is 12.1. The molecule has 1 aliphatic carbocycles. The highest BCUT2D eigenvalue weighted by Crippen LogP contribution is 2.37. The zero-order chi connectivity index (χ0) is 17.8. The van der Waals surface area contributed by atoms with Crippen LogP contribution in [0.25, 0.3) is 0 Å². The van der Waals surface area contributed by atoms with E-state index in [4.69, 9.17) is 4.74 Å². The van der Waals surface area contributed by atoms with Crippen LogP contribution in [-0.2, 0) is 16.0 Å². The Bertz CT molecular complexity index is 610. The molecule has 1 atom stereocenters. The molecular weight excluding hydrogens is 316 g/mol. The maximum Gasteiger partial charge on any atom is 0.227 e. The van der Waals surface area contributed by atoms with Crippen molar-refractivity contribution in [2.24, 2.45) is 11.8 Å². The third-order valence-electron chi connectivity index (χ3n) is 5.39. The van der Waals surface area contributed by atoms with Crippen LogP contribution in [-0.4, -0.2) is 54.9 Å². The van der Waals surface area contributed by atoms with Crippen molar-refractivity contribution in [2.45, 2.75) is 32.6 Å². The van der Waals surface area contributed by atoms with Crippen molar-refractivity contribution in [1.29, 1.82) is 0 Å². The van der Waals surface area contributed by atoms with Gasteiger partial charge >= 0.3 is 0 Å². The SMILES string of the molecule is COc1ccc(CC(=O)N2CCCN(C(=O)C(C)C3CC3)CC2)cc1. The monoisotopic (exact) mass is 344 g/mol. The van der Waals surface area contributed by atoms with E-state index in [0.29, 0.717) is 25.4 Å². The number of methoxy groups -OCH3 is 1. The average Bonchev–Trinajstić information content (AvgIpc) is 3.47. The Hall–Kier alpha value is -2.04. The first-order valence-electron chi connectivity index (χ1n) is 9.28. The molecule has 0 radical (unpaired) electrons. The molecule has 136 valence electrons. The van der Waals surface area contributed by atoms with Gasteiger partial charge in [-0.2, -0.15) is 0 Å². The van der Waals surface area contributed by atoms with Gasteiger partial charge in [0, 0.05) is 32.1 Å². The summed E-state index contributed by atoms with van der Waals surface area (Å²) in [7, 11) is 1.63. The lowest BCUT2D eigenvalue weighted by Gasteiger charge is -2.25. The Labute approximate surface area is 149 Å². The van der Waals surface area contributed by atoms with Gasteiger partial charge in [0.25, 0.3) is 0 Å². The molecule has 1 aromatic rings. The van der Waals surface area contributed by atoms with Gasteiger partial charge in [-0.3, -0.25) is 9.59 Å². The molecule has 25 heavy (non-hydrogen) atoms. The van der Waals surface area contributed by atoms with Crippen LogP contribution in [0, 0.1) is 11.8 Å². The van der Waals surface area contributed by atoms with Gasteiger partial charge in [0.1, 0.15) is 5.75 Å². The van der Waals surface area contributed by atoms with Crippen molar-refractivity contribution < 1.29 is 14.3 Å². The molecule has 0 bridgehead atoms. The predicted molar refractivity (Wildman–Crippen MR) is 96.4 cm³/mol. The standard InChI is InChI=1S/C20H28N2O3/c1-15(17-6-7-17)20(24)22-11-3-10-21(12-13-22)19(23)14-16-4-8-18(25-2)9-5-16/h4-5,8-9,15,17H,3,6-7,10-14H2,1-2H3. The molecule has 0 spiro atoms. The summed E-state index contributed by atoms with van der Waals surface area (Å²) in [6, 6.07) is 7.62. The molecule has 2 aliphatic rings. The van der Waals surface area contributed by atoms with Crippen LogP contribution in [0.1, 0.15) is 31.7 Å². The van der Waals surface area contributed by atoms with Gasteiger partial charge in [-0.25, -0.2) is 0 Å². The van der Waals surface area contributed by atoms with Crippen LogP contribution >= 0.6 is 0 Å². The van der Waals surface area contributed by atoms with E-state index < -0.39 is 0 Å². The minimum atomic E-state index is 0.134. The Morgan fingerprint density at radius 1 is 1.08 bits per heavy atom. The van der Waals surface area contributed by atoms with Crippen molar-refractivity contribution in [1.82, 2.24) is 9.80 Å². The molecular formula is C20H28N2O3. The molecule has 1 saturated heterocycles. The number of hydrogen-bond acceptors (Lipinski definition) is 3. The first kappa shape index (κ1) is 17.8. The molecule has 5 heteroatoms. The molecule has 2 fully saturated rings. The third-order valence-corrected chi connectivity index (χ3v) is 5.39. The molecule has 1 aromatic carbocycles. The van der Waals surface area contributed by atoms with E-state index in [1.54, 1.807) is 7.11 Å². The van der Waals surface area contributed by atoms with Crippen LogP contribution in [0.5, 0.6) is 5.75 Å². The van der Waals surface area contributed by atoms with Gasteiger partial charge in [0.15, 0.2) is 0 Å². The zero-order valence-corrected chi connectivity index (χ0v) is 15.2. The van der Waals surface area contributed by atoms with E-state index >= 15 is 0 Å².